The Balaban J connectivity index is 1.41. The van der Waals surface area contributed by atoms with Gasteiger partial charge in [-0.15, -0.1) is 11.3 Å². The van der Waals surface area contributed by atoms with Gasteiger partial charge in [0.05, 0.1) is 13.2 Å². The van der Waals surface area contributed by atoms with Gasteiger partial charge in [0.1, 0.15) is 0 Å². The molecule has 0 saturated carbocycles. The number of nitrogens with zero attached hydrogens (tertiary/aromatic N) is 3. The van der Waals surface area contributed by atoms with Crippen LogP contribution in [0.1, 0.15) is 28.1 Å². The molecule has 0 atom stereocenters. The molecule has 8 heteroatoms. The summed E-state index contributed by atoms with van der Waals surface area (Å²) < 4.78 is 5.34. The summed E-state index contributed by atoms with van der Waals surface area (Å²) in [6, 6.07) is 2.10. The Morgan fingerprint density at radius 2 is 2.15 bits per heavy atom. The largest absolute Gasteiger partial charge is 0.378 e. The number of H-pyrrole nitrogens is 1. The summed E-state index contributed by atoms with van der Waals surface area (Å²) in [6.45, 7) is 6.01. The Labute approximate surface area is 162 Å². The highest BCUT2D eigenvalue weighted by Crippen LogP contribution is 2.24. The van der Waals surface area contributed by atoms with Crippen molar-refractivity contribution in [3.8, 4) is 0 Å². The number of carbonyl (C=O) groups is 1. The lowest BCUT2D eigenvalue weighted by Gasteiger charge is -2.28. The van der Waals surface area contributed by atoms with E-state index in [0.29, 0.717) is 49.8 Å². The first-order chi connectivity index (χ1) is 13.1. The number of morpholine rings is 1. The van der Waals surface area contributed by atoms with Crippen LogP contribution in [0, 0.1) is 6.92 Å². The van der Waals surface area contributed by atoms with Crippen LogP contribution in [0.15, 0.2) is 16.2 Å². The molecule has 0 bridgehead atoms. The molecular weight excluding hydrogens is 364 g/mol. The van der Waals surface area contributed by atoms with E-state index in [9.17, 15) is 9.59 Å². The summed E-state index contributed by atoms with van der Waals surface area (Å²) in [5.74, 6) is 0.694. The minimum atomic E-state index is -0.143. The number of aryl methyl sites for hydroxylation is 1. The number of aromatic nitrogens is 2. The Kier molecular flexibility index (Phi) is 5.27. The lowest BCUT2D eigenvalue weighted by atomic mass is 10.1. The van der Waals surface area contributed by atoms with Gasteiger partial charge in [-0.05, 0) is 36.8 Å². The Hall–Kier alpha value is -2.19. The van der Waals surface area contributed by atoms with E-state index in [2.05, 4.69) is 21.4 Å². The fourth-order valence-electron chi connectivity index (χ4n) is 3.67. The predicted molar refractivity (Wildman–Crippen MR) is 104 cm³/mol. The maximum absolute atomic E-state index is 12.6. The number of thiophene rings is 1. The first-order valence-electron chi connectivity index (χ1n) is 9.37. The van der Waals surface area contributed by atoms with Crippen LogP contribution in [0.4, 0.5) is 5.95 Å². The SMILES string of the molecule is Cc1nc(N2CCOCC2)[nH]c(=O)c1CCC(=O)N1CCc2sccc2C1. The number of hydrogen-bond acceptors (Lipinski definition) is 6. The molecule has 0 aliphatic carbocycles. The van der Waals surface area contributed by atoms with Crippen LogP contribution in [0.25, 0.3) is 0 Å². The van der Waals surface area contributed by atoms with Gasteiger partial charge in [-0.25, -0.2) is 4.98 Å². The number of nitrogens with one attached hydrogen (secondary N) is 1. The molecule has 2 aromatic rings. The lowest BCUT2D eigenvalue weighted by molar-refractivity contribution is -0.132. The lowest BCUT2D eigenvalue weighted by Crippen LogP contribution is -2.39. The minimum Gasteiger partial charge on any atom is -0.378 e. The van der Waals surface area contributed by atoms with Crippen LogP contribution >= 0.6 is 11.3 Å². The number of carbonyl (C=O) groups excluding carboxylic acids is 1. The molecule has 0 aromatic carbocycles. The molecule has 4 heterocycles. The maximum atomic E-state index is 12.6. The zero-order chi connectivity index (χ0) is 18.8. The Morgan fingerprint density at radius 3 is 2.93 bits per heavy atom. The molecule has 1 fully saturated rings. The van der Waals surface area contributed by atoms with Gasteiger partial charge in [-0.1, -0.05) is 0 Å². The predicted octanol–water partition coefficient (Wildman–Crippen LogP) is 1.49. The van der Waals surface area contributed by atoms with Crippen LogP contribution in [0.2, 0.25) is 0 Å². The molecule has 0 spiro atoms. The number of amides is 1. The number of ether oxygens (including phenoxy) is 1. The van der Waals surface area contributed by atoms with Gasteiger partial charge in [0, 0.05) is 48.7 Å². The van der Waals surface area contributed by atoms with Crippen LogP contribution in [-0.2, 0) is 28.9 Å². The van der Waals surface area contributed by atoms with Gasteiger partial charge in [0.25, 0.3) is 5.56 Å². The number of hydrogen-bond donors (Lipinski definition) is 1. The third kappa shape index (κ3) is 3.91. The van der Waals surface area contributed by atoms with Crippen molar-refractivity contribution in [3.63, 3.8) is 0 Å². The van der Waals surface area contributed by atoms with Crippen molar-refractivity contribution < 1.29 is 9.53 Å². The van der Waals surface area contributed by atoms with Crippen LogP contribution < -0.4 is 10.5 Å². The van der Waals surface area contributed by atoms with E-state index >= 15 is 0 Å². The summed E-state index contributed by atoms with van der Waals surface area (Å²) in [6.07, 6.45) is 1.68. The zero-order valence-electron chi connectivity index (χ0n) is 15.5. The van der Waals surface area contributed by atoms with Crippen molar-refractivity contribution >= 4 is 23.2 Å². The summed E-state index contributed by atoms with van der Waals surface area (Å²) >= 11 is 1.76. The average molecular weight is 388 g/mol. The summed E-state index contributed by atoms with van der Waals surface area (Å²) in [5, 5.41) is 2.09. The van der Waals surface area contributed by atoms with Crippen molar-refractivity contribution in [3.05, 3.63) is 43.5 Å². The molecule has 2 aromatic heterocycles. The number of fused-ring (bicyclic) bond motifs is 1. The Morgan fingerprint density at radius 1 is 1.33 bits per heavy atom. The fraction of sp³-hybridized carbons (Fsp3) is 0.526. The van der Waals surface area contributed by atoms with E-state index in [4.69, 9.17) is 4.74 Å². The number of rotatable bonds is 4. The highest BCUT2D eigenvalue weighted by atomic mass is 32.1. The normalized spacial score (nSPS) is 17.1. The van der Waals surface area contributed by atoms with Crippen molar-refractivity contribution in [1.82, 2.24) is 14.9 Å². The molecule has 1 N–H and O–H groups in total. The summed E-state index contributed by atoms with van der Waals surface area (Å²) in [4.78, 5) is 37.9. The number of aromatic amines is 1. The molecule has 0 radical (unpaired) electrons. The molecule has 1 amide bonds. The maximum Gasteiger partial charge on any atom is 0.255 e. The average Bonchev–Trinajstić information content (AvgIpc) is 3.15. The smallest absolute Gasteiger partial charge is 0.255 e. The van der Waals surface area contributed by atoms with Crippen molar-refractivity contribution in [1.29, 1.82) is 0 Å². The first-order valence-corrected chi connectivity index (χ1v) is 10.3. The molecule has 2 aliphatic rings. The third-order valence-electron chi connectivity index (χ3n) is 5.27. The molecule has 27 heavy (non-hydrogen) atoms. The highest BCUT2D eigenvalue weighted by molar-refractivity contribution is 7.10. The van der Waals surface area contributed by atoms with Crippen LogP contribution in [0.5, 0.6) is 0 Å². The van der Waals surface area contributed by atoms with E-state index in [1.807, 2.05) is 16.7 Å². The quantitative estimate of drug-likeness (QED) is 0.859. The van der Waals surface area contributed by atoms with E-state index in [1.54, 1.807) is 11.3 Å². The molecular formula is C19H24N4O3S. The van der Waals surface area contributed by atoms with Gasteiger partial charge < -0.3 is 14.5 Å². The van der Waals surface area contributed by atoms with Crippen molar-refractivity contribution in [2.24, 2.45) is 0 Å². The molecule has 144 valence electrons. The number of anilines is 1. The second-order valence-corrected chi connectivity index (χ2v) is 7.99. The van der Waals surface area contributed by atoms with Gasteiger partial charge in [-0.2, -0.15) is 0 Å². The second-order valence-electron chi connectivity index (χ2n) is 6.99. The highest BCUT2D eigenvalue weighted by Gasteiger charge is 2.22. The molecule has 1 saturated heterocycles. The summed E-state index contributed by atoms with van der Waals surface area (Å²) in [5.41, 5.74) is 2.42. The van der Waals surface area contributed by atoms with Gasteiger partial charge in [0.2, 0.25) is 11.9 Å². The van der Waals surface area contributed by atoms with E-state index < -0.39 is 0 Å². The van der Waals surface area contributed by atoms with Gasteiger partial charge in [-0.3, -0.25) is 14.6 Å². The first kappa shape index (κ1) is 18.2. The molecule has 2 aliphatic heterocycles. The summed E-state index contributed by atoms with van der Waals surface area (Å²) in [7, 11) is 0. The Bertz CT molecular complexity index is 885. The molecule has 4 rings (SSSR count). The van der Waals surface area contributed by atoms with Gasteiger partial charge in [0.15, 0.2) is 0 Å². The molecule has 0 unspecified atom stereocenters. The monoisotopic (exact) mass is 388 g/mol. The minimum absolute atomic E-state index is 0.0999. The van der Waals surface area contributed by atoms with Crippen molar-refractivity contribution in [2.45, 2.75) is 32.7 Å². The third-order valence-corrected chi connectivity index (χ3v) is 6.29. The fourth-order valence-corrected chi connectivity index (χ4v) is 4.56. The van der Waals surface area contributed by atoms with E-state index in [-0.39, 0.29) is 11.5 Å². The zero-order valence-corrected chi connectivity index (χ0v) is 16.3. The van der Waals surface area contributed by atoms with E-state index in [1.165, 1.54) is 10.4 Å². The van der Waals surface area contributed by atoms with Crippen LogP contribution in [0.3, 0.4) is 0 Å². The second kappa shape index (κ2) is 7.82. The van der Waals surface area contributed by atoms with Gasteiger partial charge >= 0.3 is 0 Å². The van der Waals surface area contributed by atoms with Crippen LogP contribution in [-0.4, -0.2) is 53.6 Å². The standard InChI is InChI=1S/C19H24N4O3S/c1-13-15(18(25)21-19(20-13)22-7-9-26-10-8-22)2-3-17(24)23-6-4-16-14(12-23)5-11-27-16/h5,11H,2-4,6-10,12H2,1H3,(H,20,21,25). The molecule has 7 nitrogen and oxygen atoms in total. The van der Waals surface area contributed by atoms with E-state index in [0.717, 1.165) is 26.1 Å². The topological polar surface area (TPSA) is 78.5 Å². The van der Waals surface area contributed by atoms with Crippen molar-refractivity contribution in [2.75, 3.05) is 37.7 Å².